The summed E-state index contributed by atoms with van der Waals surface area (Å²) in [7, 11) is 0. The largest absolute Gasteiger partial charge is 0.338 e. The summed E-state index contributed by atoms with van der Waals surface area (Å²) in [5.74, 6) is 0.781. The van der Waals surface area contributed by atoms with Crippen molar-refractivity contribution in [3.05, 3.63) is 35.6 Å². The van der Waals surface area contributed by atoms with Crippen LogP contribution in [0.15, 0.2) is 24.3 Å². The molecule has 0 atom stereocenters. The van der Waals surface area contributed by atoms with Gasteiger partial charge < -0.3 is 9.80 Å². The number of likely N-dealkylation sites (tertiary alicyclic amines) is 1. The van der Waals surface area contributed by atoms with Crippen molar-refractivity contribution in [2.45, 2.75) is 49.8 Å². The second-order valence-corrected chi connectivity index (χ2v) is 9.35. The summed E-state index contributed by atoms with van der Waals surface area (Å²) in [6.45, 7) is 1.98. The Labute approximate surface area is 164 Å². The molecule has 0 bridgehead atoms. The zero-order valence-corrected chi connectivity index (χ0v) is 16.5. The summed E-state index contributed by atoms with van der Waals surface area (Å²) in [6.07, 6.45) is 7.16. The Morgan fingerprint density at radius 2 is 1.74 bits per heavy atom. The number of hydrogen-bond acceptors (Lipinski definition) is 3. The lowest BCUT2D eigenvalue weighted by atomic mass is 9.87. The SMILES string of the molecule is O=C(c1ccccc1F)N1CCC2(CC1)SCCN2C(=O)C1CCCCC1. The Bertz CT molecular complexity index is 712. The van der Waals surface area contributed by atoms with Gasteiger partial charge in [-0.1, -0.05) is 31.4 Å². The minimum absolute atomic E-state index is 0.141. The van der Waals surface area contributed by atoms with Crippen LogP contribution in [0, 0.1) is 11.7 Å². The molecule has 3 fully saturated rings. The maximum absolute atomic E-state index is 14.0. The van der Waals surface area contributed by atoms with Gasteiger partial charge in [0.1, 0.15) is 5.82 Å². The first kappa shape index (κ1) is 18.8. The summed E-state index contributed by atoms with van der Waals surface area (Å²) in [5, 5.41) is 0. The first-order chi connectivity index (χ1) is 13.1. The minimum Gasteiger partial charge on any atom is -0.338 e. The number of thioether (sulfide) groups is 1. The van der Waals surface area contributed by atoms with Gasteiger partial charge >= 0.3 is 0 Å². The fourth-order valence-corrected chi connectivity index (χ4v) is 6.23. The minimum atomic E-state index is -0.466. The third kappa shape index (κ3) is 3.60. The number of nitrogens with zero attached hydrogens (tertiary/aromatic N) is 2. The molecule has 27 heavy (non-hydrogen) atoms. The predicted octanol–water partition coefficient (Wildman–Crippen LogP) is 3.91. The molecule has 1 saturated carbocycles. The van der Waals surface area contributed by atoms with Crippen molar-refractivity contribution >= 4 is 23.6 Å². The van der Waals surface area contributed by atoms with Gasteiger partial charge in [0.25, 0.3) is 5.91 Å². The predicted molar refractivity (Wildman–Crippen MR) is 105 cm³/mol. The summed E-state index contributed by atoms with van der Waals surface area (Å²) in [6, 6.07) is 6.17. The van der Waals surface area contributed by atoms with Crippen LogP contribution in [0.2, 0.25) is 0 Å². The zero-order valence-electron chi connectivity index (χ0n) is 15.7. The van der Waals surface area contributed by atoms with E-state index >= 15 is 0 Å². The zero-order chi connectivity index (χ0) is 18.9. The third-order valence-electron chi connectivity index (χ3n) is 6.33. The van der Waals surface area contributed by atoms with Crippen LogP contribution in [0.25, 0.3) is 0 Å². The molecule has 6 heteroatoms. The lowest BCUT2D eigenvalue weighted by Crippen LogP contribution is -2.55. The average Bonchev–Trinajstić information content (AvgIpc) is 3.11. The molecule has 2 amide bonds. The number of rotatable bonds is 2. The third-order valence-corrected chi connectivity index (χ3v) is 7.89. The highest BCUT2D eigenvalue weighted by Gasteiger charge is 2.48. The highest BCUT2D eigenvalue weighted by molar-refractivity contribution is 8.00. The van der Waals surface area contributed by atoms with Crippen molar-refractivity contribution in [2.75, 3.05) is 25.4 Å². The highest BCUT2D eigenvalue weighted by atomic mass is 32.2. The molecule has 0 N–H and O–H groups in total. The molecule has 1 spiro atoms. The van der Waals surface area contributed by atoms with Crippen molar-refractivity contribution in [3.8, 4) is 0 Å². The fourth-order valence-electron chi connectivity index (χ4n) is 4.77. The first-order valence-electron chi connectivity index (χ1n) is 10.1. The van der Waals surface area contributed by atoms with E-state index in [2.05, 4.69) is 4.90 Å². The number of benzene rings is 1. The summed E-state index contributed by atoms with van der Waals surface area (Å²) >= 11 is 1.87. The van der Waals surface area contributed by atoms with Crippen LogP contribution < -0.4 is 0 Å². The number of amides is 2. The normalized spacial score (nSPS) is 23.0. The van der Waals surface area contributed by atoms with Crippen LogP contribution in [-0.2, 0) is 4.79 Å². The Balaban J connectivity index is 1.43. The van der Waals surface area contributed by atoms with E-state index in [0.29, 0.717) is 19.0 Å². The Morgan fingerprint density at radius 3 is 2.44 bits per heavy atom. The molecule has 4 nitrogen and oxygen atoms in total. The second-order valence-electron chi connectivity index (χ2n) is 7.89. The van der Waals surface area contributed by atoms with Gasteiger partial charge in [-0.2, -0.15) is 0 Å². The van der Waals surface area contributed by atoms with E-state index in [0.717, 1.165) is 50.8 Å². The molecule has 4 rings (SSSR count). The molecule has 1 aliphatic carbocycles. The van der Waals surface area contributed by atoms with Gasteiger partial charge in [-0.25, -0.2) is 4.39 Å². The molecular weight excluding hydrogens is 363 g/mol. The van der Waals surface area contributed by atoms with Gasteiger partial charge in [0.15, 0.2) is 0 Å². The van der Waals surface area contributed by atoms with Crippen molar-refractivity contribution in [3.63, 3.8) is 0 Å². The highest BCUT2D eigenvalue weighted by Crippen LogP contribution is 2.45. The summed E-state index contributed by atoms with van der Waals surface area (Å²) in [5.41, 5.74) is 0.141. The molecule has 1 aromatic carbocycles. The molecule has 146 valence electrons. The van der Waals surface area contributed by atoms with Crippen molar-refractivity contribution in [2.24, 2.45) is 5.92 Å². The van der Waals surface area contributed by atoms with E-state index < -0.39 is 5.82 Å². The van der Waals surface area contributed by atoms with Gasteiger partial charge in [-0.3, -0.25) is 9.59 Å². The maximum Gasteiger partial charge on any atom is 0.256 e. The number of halogens is 1. The Hall–Kier alpha value is -1.56. The lowest BCUT2D eigenvalue weighted by Gasteiger charge is -2.45. The van der Waals surface area contributed by atoms with E-state index in [-0.39, 0.29) is 22.3 Å². The van der Waals surface area contributed by atoms with E-state index in [1.54, 1.807) is 23.1 Å². The molecule has 2 saturated heterocycles. The Kier molecular flexibility index (Phi) is 5.44. The van der Waals surface area contributed by atoms with Gasteiger partial charge in [0, 0.05) is 31.3 Å². The standard InChI is InChI=1S/C21H27FN2O2S/c22-18-9-5-4-8-17(18)20(26)23-12-10-21(11-13-23)24(14-15-27-21)19(25)16-6-2-1-3-7-16/h4-5,8-9,16H,1-3,6-7,10-15H2. The van der Waals surface area contributed by atoms with Gasteiger partial charge in [0.2, 0.25) is 5.91 Å². The molecule has 0 radical (unpaired) electrons. The molecule has 2 aliphatic heterocycles. The number of hydrogen-bond donors (Lipinski definition) is 0. The summed E-state index contributed by atoms with van der Waals surface area (Å²) < 4.78 is 14.0. The van der Waals surface area contributed by atoms with E-state index in [1.165, 1.54) is 12.5 Å². The smallest absolute Gasteiger partial charge is 0.256 e. The monoisotopic (exact) mass is 390 g/mol. The van der Waals surface area contributed by atoms with Crippen LogP contribution in [0.3, 0.4) is 0 Å². The molecule has 0 aromatic heterocycles. The second kappa shape index (κ2) is 7.82. The number of carbonyl (C=O) groups is 2. The fraction of sp³-hybridized carbons (Fsp3) is 0.619. The van der Waals surface area contributed by atoms with Gasteiger partial charge in [-0.05, 0) is 37.8 Å². The molecule has 0 unspecified atom stereocenters. The van der Waals surface area contributed by atoms with Crippen molar-refractivity contribution in [1.29, 1.82) is 0 Å². The van der Waals surface area contributed by atoms with Gasteiger partial charge in [-0.15, -0.1) is 11.8 Å². The van der Waals surface area contributed by atoms with Crippen molar-refractivity contribution in [1.82, 2.24) is 9.80 Å². The molecule has 3 aliphatic rings. The first-order valence-corrected chi connectivity index (χ1v) is 11.1. The molecule has 2 heterocycles. The topological polar surface area (TPSA) is 40.6 Å². The number of carbonyl (C=O) groups excluding carboxylic acids is 2. The van der Waals surface area contributed by atoms with Crippen LogP contribution in [0.1, 0.15) is 55.3 Å². The van der Waals surface area contributed by atoms with Crippen LogP contribution in [-0.4, -0.2) is 51.9 Å². The van der Waals surface area contributed by atoms with Crippen LogP contribution in [0.4, 0.5) is 4.39 Å². The molecule has 1 aromatic rings. The summed E-state index contributed by atoms with van der Waals surface area (Å²) in [4.78, 5) is 29.5. The van der Waals surface area contributed by atoms with E-state index in [4.69, 9.17) is 0 Å². The number of piperidine rings is 1. The van der Waals surface area contributed by atoms with Gasteiger partial charge in [0.05, 0.1) is 10.4 Å². The average molecular weight is 391 g/mol. The Morgan fingerprint density at radius 1 is 1.04 bits per heavy atom. The quantitative estimate of drug-likeness (QED) is 0.769. The van der Waals surface area contributed by atoms with E-state index in [9.17, 15) is 14.0 Å². The lowest BCUT2D eigenvalue weighted by molar-refractivity contribution is -0.140. The maximum atomic E-state index is 14.0. The molecular formula is C21H27FN2O2S. The van der Waals surface area contributed by atoms with Crippen molar-refractivity contribution < 1.29 is 14.0 Å². The van der Waals surface area contributed by atoms with Crippen LogP contribution in [0.5, 0.6) is 0 Å². The van der Waals surface area contributed by atoms with Crippen LogP contribution >= 0.6 is 11.8 Å². The van der Waals surface area contributed by atoms with E-state index in [1.807, 2.05) is 11.8 Å².